The van der Waals surface area contributed by atoms with Gasteiger partial charge in [-0.15, -0.1) is 0 Å². The van der Waals surface area contributed by atoms with Crippen LogP contribution in [-0.4, -0.2) is 30.2 Å². The Morgan fingerprint density at radius 2 is 2.06 bits per heavy atom. The molecule has 1 aromatic carbocycles. The first-order valence-corrected chi connectivity index (χ1v) is 11.2. The highest BCUT2D eigenvalue weighted by molar-refractivity contribution is 5.81. The molecule has 4 N–H and O–H groups in total. The summed E-state index contributed by atoms with van der Waals surface area (Å²) in [7, 11) is 1.90. The second kappa shape index (κ2) is 8.62. The van der Waals surface area contributed by atoms with Gasteiger partial charge in [-0.1, -0.05) is 12.1 Å². The lowest BCUT2D eigenvalue weighted by atomic mass is 10.1. The molecular weight excluding hydrogens is 432 g/mol. The van der Waals surface area contributed by atoms with Crippen molar-refractivity contribution in [3.05, 3.63) is 75.6 Å². The van der Waals surface area contributed by atoms with Gasteiger partial charge >= 0.3 is 0 Å². The molecule has 0 saturated heterocycles. The molecule has 0 unspecified atom stereocenters. The largest absolute Gasteiger partial charge is 0.384 e. The number of carbonyl (C=O) groups excluding carboxylic acids is 1. The fourth-order valence-electron chi connectivity index (χ4n) is 4.42. The van der Waals surface area contributed by atoms with Crippen LogP contribution < -0.4 is 21.9 Å². The number of nitrogen functional groups attached to an aromatic ring is 1. The van der Waals surface area contributed by atoms with E-state index in [-0.39, 0.29) is 17.3 Å². The van der Waals surface area contributed by atoms with Crippen molar-refractivity contribution in [2.45, 2.75) is 38.9 Å². The van der Waals surface area contributed by atoms with Crippen molar-refractivity contribution in [2.75, 3.05) is 11.1 Å². The molecule has 1 aliphatic rings. The maximum Gasteiger partial charge on any atom is 0.294 e. The van der Waals surface area contributed by atoms with Crippen LogP contribution in [0.4, 0.5) is 11.6 Å². The third kappa shape index (κ3) is 3.98. The Bertz CT molecular complexity index is 1460. The van der Waals surface area contributed by atoms with Gasteiger partial charge in [-0.25, -0.2) is 9.97 Å². The zero-order valence-corrected chi connectivity index (χ0v) is 19.1. The number of hydrogen-bond acceptors (Lipinski definition) is 7. The summed E-state index contributed by atoms with van der Waals surface area (Å²) in [6.45, 7) is 2.61. The second-order valence-corrected chi connectivity index (χ2v) is 8.54. The number of aromatic nitrogens is 5. The Balaban J connectivity index is 1.30. The topological polar surface area (TPSA) is 133 Å². The van der Waals surface area contributed by atoms with Crippen molar-refractivity contribution in [3.63, 3.8) is 0 Å². The van der Waals surface area contributed by atoms with Gasteiger partial charge in [0.25, 0.3) is 5.56 Å². The number of amides is 1. The smallest absolute Gasteiger partial charge is 0.294 e. The van der Waals surface area contributed by atoms with E-state index in [9.17, 15) is 9.59 Å². The zero-order valence-electron chi connectivity index (χ0n) is 19.1. The maximum absolute atomic E-state index is 13.2. The minimum Gasteiger partial charge on any atom is -0.384 e. The Kier molecular flexibility index (Phi) is 5.48. The zero-order chi connectivity index (χ0) is 23.8. The minimum absolute atomic E-state index is 0.198. The molecule has 0 radical (unpaired) electrons. The molecule has 0 aliphatic carbocycles. The molecule has 4 aromatic rings. The number of anilines is 2. The molecule has 4 heterocycles. The summed E-state index contributed by atoms with van der Waals surface area (Å²) in [5.74, 6) is 0.473. The maximum atomic E-state index is 13.2. The van der Waals surface area contributed by atoms with Crippen molar-refractivity contribution >= 4 is 28.4 Å². The number of benzene rings is 1. The van der Waals surface area contributed by atoms with Crippen LogP contribution >= 0.6 is 0 Å². The van der Waals surface area contributed by atoms with Gasteiger partial charge in [-0.3, -0.25) is 18.8 Å². The first kappa shape index (κ1) is 21.6. The van der Waals surface area contributed by atoms with Crippen molar-refractivity contribution in [3.8, 4) is 0 Å². The number of nitrogens with zero attached hydrogens (tertiary/aromatic N) is 5. The van der Waals surface area contributed by atoms with Gasteiger partial charge < -0.3 is 16.4 Å². The van der Waals surface area contributed by atoms with E-state index in [1.165, 1.54) is 0 Å². The van der Waals surface area contributed by atoms with Crippen LogP contribution in [0.2, 0.25) is 0 Å². The quantitative estimate of drug-likeness (QED) is 0.401. The predicted molar refractivity (Wildman–Crippen MR) is 129 cm³/mol. The SMILES string of the molecule is Cc1nc(N)ccc1CNC(=O)[C@@H]1CCc2cnc(NCc3ccc4c(cnn4C)c3)c(=O)n21. The molecule has 34 heavy (non-hydrogen) atoms. The molecule has 1 amide bonds. The Hall–Kier alpha value is -4.21. The van der Waals surface area contributed by atoms with E-state index in [1.807, 2.05) is 49.1 Å². The first-order valence-electron chi connectivity index (χ1n) is 11.2. The number of nitrogens with two attached hydrogens (primary N) is 1. The molecule has 0 spiro atoms. The van der Waals surface area contributed by atoms with Crippen LogP contribution in [0.1, 0.15) is 35.0 Å². The molecule has 5 rings (SSSR count). The lowest BCUT2D eigenvalue weighted by Crippen LogP contribution is -2.36. The summed E-state index contributed by atoms with van der Waals surface area (Å²) in [6, 6.07) is 9.01. The van der Waals surface area contributed by atoms with Gasteiger partial charge in [0.05, 0.1) is 11.7 Å². The van der Waals surface area contributed by atoms with E-state index in [4.69, 9.17) is 5.73 Å². The number of hydrogen-bond donors (Lipinski definition) is 3. The van der Waals surface area contributed by atoms with Crippen molar-refractivity contribution in [2.24, 2.45) is 7.05 Å². The van der Waals surface area contributed by atoms with E-state index in [1.54, 1.807) is 16.8 Å². The molecule has 3 aromatic heterocycles. The number of carbonyl (C=O) groups is 1. The van der Waals surface area contributed by atoms with Crippen LogP contribution in [0.15, 0.2) is 47.5 Å². The van der Waals surface area contributed by atoms with Crippen molar-refractivity contribution < 1.29 is 4.79 Å². The highest BCUT2D eigenvalue weighted by atomic mass is 16.2. The first-order chi connectivity index (χ1) is 16.4. The molecule has 10 heteroatoms. The van der Waals surface area contributed by atoms with Crippen molar-refractivity contribution in [1.82, 2.24) is 29.6 Å². The van der Waals surface area contributed by atoms with Crippen LogP contribution in [0.5, 0.6) is 0 Å². The lowest BCUT2D eigenvalue weighted by Gasteiger charge is -2.16. The summed E-state index contributed by atoms with van der Waals surface area (Å²) < 4.78 is 3.38. The van der Waals surface area contributed by atoms with Crippen molar-refractivity contribution in [1.29, 1.82) is 0 Å². The highest BCUT2D eigenvalue weighted by Crippen LogP contribution is 2.24. The molecule has 1 atom stereocenters. The van der Waals surface area contributed by atoms with Gasteiger partial charge in [-0.05, 0) is 49.1 Å². The number of pyridine rings is 1. The third-order valence-corrected chi connectivity index (χ3v) is 6.30. The molecular formula is C24H26N8O2. The summed E-state index contributed by atoms with van der Waals surface area (Å²) in [5, 5.41) is 11.4. The third-order valence-electron chi connectivity index (χ3n) is 6.30. The number of rotatable bonds is 6. The lowest BCUT2D eigenvalue weighted by molar-refractivity contribution is -0.124. The molecule has 0 bridgehead atoms. The van der Waals surface area contributed by atoms with Gasteiger partial charge in [0, 0.05) is 43.1 Å². The van der Waals surface area contributed by atoms with Crippen LogP contribution in [0, 0.1) is 6.92 Å². The molecule has 174 valence electrons. The van der Waals surface area contributed by atoms with Gasteiger partial charge in [0.1, 0.15) is 11.9 Å². The normalized spacial score (nSPS) is 14.8. The average Bonchev–Trinajstić information content (AvgIpc) is 3.42. The number of aryl methyl sites for hydroxylation is 3. The summed E-state index contributed by atoms with van der Waals surface area (Å²) in [5.41, 5.74) is 9.88. The van der Waals surface area contributed by atoms with E-state index >= 15 is 0 Å². The van der Waals surface area contributed by atoms with E-state index in [0.29, 0.717) is 31.7 Å². The van der Waals surface area contributed by atoms with Gasteiger partial charge in [0.2, 0.25) is 5.91 Å². The Morgan fingerprint density at radius 1 is 1.21 bits per heavy atom. The number of fused-ring (bicyclic) bond motifs is 2. The predicted octanol–water partition coefficient (Wildman–Crippen LogP) is 1.83. The monoisotopic (exact) mass is 458 g/mol. The Morgan fingerprint density at radius 3 is 2.88 bits per heavy atom. The van der Waals surface area contributed by atoms with Crippen LogP contribution in [0.3, 0.4) is 0 Å². The molecule has 0 saturated carbocycles. The number of nitrogens with one attached hydrogen (secondary N) is 2. The van der Waals surface area contributed by atoms with Gasteiger partial charge in [0.15, 0.2) is 5.82 Å². The molecule has 0 fully saturated rings. The fraction of sp³-hybridized carbons (Fsp3) is 0.292. The highest BCUT2D eigenvalue weighted by Gasteiger charge is 2.30. The van der Waals surface area contributed by atoms with E-state index < -0.39 is 6.04 Å². The van der Waals surface area contributed by atoms with Crippen LogP contribution in [-0.2, 0) is 31.4 Å². The average molecular weight is 459 g/mol. The molecule has 1 aliphatic heterocycles. The fourth-order valence-corrected chi connectivity index (χ4v) is 4.42. The van der Waals surface area contributed by atoms with E-state index in [2.05, 4.69) is 25.7 Å². The van der Waals surface area contributed by atoms with Gasteiger partial charge in [-0.2, -0.15) is 5.10 Å². The summed E-state index contributed by atoms with van der Waals surface area (Å²) in [4.78, 5) is 34.7. The summed E-state index contributed by atoms with van der Waals surface area (Å²) >= 11 is 0. The minimum atomic E-state index is -0.570. The van der Waals surface area contributed by atoms with Crippen LogP contribution in [0.25, 0.3) is 10.9 Å². The summed E-state index contributed by atoms with van der Waals surface area (Å²) in [6.07, 6.45) is 4.67. The second-order valence-electron chi connectivity index (χ2n) is 8.54. The van der Waals surface area contributed by atoms with E-state index in [0.717, 1.165) is 33.4 Å². The Labute approximate surface area is 195 Å². The molecule has 10 nitrogen and oxygen atoms in total. The standard InChI is InChI=1S/C24H26N8O2/c1-14-16(4-8-21(25)30-14)11-28-23(33)20-7-5-18-13-27-22(24(34)32(18)20)26-10-15-3-6-19-17(9-15)12-29-31(19)2/h3-4,6,8-9,12-13,20H,5,7,10-11H2,1-2H3,(H2,25,30)(H,26,27)(H,28,33)/t20-/m0/s1.